The molecule has 2 aromatic rings. The molecule has 118 valence electrons. The molecule has 3 rings (SSSR count). The lowest BCUT2D eigenvalue weighted by atomic mass is 10.2. The van der Waals surface area contributed by atoms with Gasteiger partial charge in [-0.25, -0.2) is 4.98 Å². The highest BCUT2D eigenvalue weighted by atomic mass is 35.5. The molecule has 7 heteroatoms. The quantitative estimate of drug-likeness (QED) is 0.840. The SMILES string of the molecule is FC(F)(F)C1CN(Cc2ccc3cccc(Cl)c3n2)CCO1. The summed E-state index contributed by atoms with van der Waals surface area (Å²) in [4.78, 5) is 6.16. The first-order valence-corrected chi connectivity index (χ1v) is 7.26. The minimum atomic E-state index is -4.33. The smallest absolute Gasteiger partial charge is 0.366 e. The van der Waals surface area contributed by atoms with Crippen molar-refractivity contribution >= 4 is 22.5 Å². The zero-order valence-corrected chi connectivity index (χ0v) is 12.4. The Morgan fingerprint density at radius 3 is 2.86 bits per heavy atom. The van der Waals surface area contributed by atoms with Crippen LogP contribution >= 0.6 is 11.6 Å². The Labute approximate surface area is 130 Å². The third-order valence-electron chi connectivity index (χ3n) is 3.63. The minimum absolute atomic E-state index is 0.0680. The number of hydrogen-bond donors (Lipinski definition) is 0. The Kier molecular flexibility index (Phi) is 4.25. The van der Waals surface area contributed by atoms with Crippen molar-refractivity contribution in [2.75, 3.05) is 19.7 Å². The molecule has 1 aromatic carbocycles. The molecule has 0 saturated carbocycles. The third kappa shape index (κ3) is 3.34. The van der Waals surface area contributed by atoms with Gasteiger partial charge in [-0.2, -0.15) is 13.2 Å². The van der Waals surface area contributed by atoms with Gasteiger partial charge in [0.2, 0.25) is 0 Å². The second-order valence-electron chi connectivity index (χ2n) is 5.25. The summed E-state index contributed by atoms with van der Waals surface area (Å²) in [7, 11) is 0. The van der Waals surface area contributed by atoms with E-state index in [0.717, 1.165) is 5.39 Å². The van der Waals surface area contributed by atoms with E-state index in [4.69, 9.17) is 16.3 Å². The standard InChI is InChI=1S/C15H14ClF3N2O/c16-12-3-1-2-10-4-5-11(20-14(10)12)8-21-6-7-22-13(9-21)15(17,18)19/h1-5,13H,6-9H2. The van der Waals surface area contributed by atoms with Crippen molar-refractivity contribution in [3.8, 4) is 0 Å². The van der Waals surface area contributed by atoms with Gasteiger partial charge in [0.05, 0.1) is 22.8 Å². The van der Waals surface area contributed by atoms with Gasteiger partial charge in [0.15, 0.2) is 6.10 Å². The predicted octanol–water partition coefficient (Wildman–Crippen LogP) is 3.65. The molecule has 0 amide bonds. The molecule has 1 atom stereocenters. The molecule has 3 nitrogen and oxygen atoms in total. The Balaban J connectivity index is 1.77. The Bertz CT molecular complexity index is 677. The topological polar surface area (TPSA) is 25.4 Å². The fourth-order valence-corrected chi connectivity index (χ4v) is 2.74. The molecule has 0 N–H and O–H groups in total. The molecular weight excluding hydrogens is 317 g/mol. The van der Waals surface area contributed by atoms with Crippen molar-refractivity contribution in [3.63, 3.8) is 0 Å². The lowest BCUT2D eigenvalue weighted by Gasteiger charge is -2.33. The number of pyridine rings is 1. The molecule has 22 heavy (non-hydrogen) atoms. The van der Waals surface area contributed by atoms with E-state index in [1.807, 2.05) is 24.3 Å². The molecule has 1 fully saturated rings. The molecule has 0 spiro atoms. The number of halogens is 4. The number of hydrogen-bond acceptors (Lipinski definition) is 3. The maximum Gasteiger partial charge on any atom is 0.415 e. The lowest BCUT2D eigenvalue weighted by Crippen LogP contribution is -2.48. The first kappa shape index (κ1) is 15.5. The van der Waals surface area contributed by atoms with E-state index in [2.05, 4.69) is 4.98 Å². The van der Waals surface area contributed by atoms with E-state index in [9.17, 15) is 13.2 Å². The number of nitrogens with zero attached hydrogens (tertiary/aromatic N) is 2. The van der Waals surface area contributed by atoms with Crippen LogP contribution in [0, 0.1) is 0 Å². The van der Waals surface area contributed by atoms with Crippen molar-refractivity contribution in [2.45, 2.75) is 18.8 Å². The first-order valence-electron chi connectivity index (χ1n) is 6.88. The monoisotopic (exact) mass is 330 g/mol. The molecule has 1 aromatic heterocycles. The normalized spacial score (nSPS) is 20.5. The van der Waals surface area contributed by atoms with E-state index in [1.165, 1.54) is 0 Å². The second-order valence-corrected chi connectivity index (χ2v) is 5.66. The van der Waals surface area contributed by atoms with Crippen molar-refractivity contribution in [3.05, 3.63) is 41.0 Å². The molecule has 0 radical (unpaired) electrons. The maximum absolute atomic E-state index is 12.7. The lowest BCUT2D eigenvalue weighted by molar-refractivity contribution is -0.237. The first-order chi connectivity index (χ1) is 10.4. The summed E-state index contributed by atoms with van der Waals surface area (Å²) in [6.45, 7) is 0.691. The van der Waals surface area contributed by atoms with E-state index in [-0.39, 0.29) is 13.2 Å². The largest absolute Gasteiger partial charge is 0.415 e. The van der Waals surface area contributed by atoms with Gasteiger partial charge in [-0.1, -0.05) is 29.8 Å². The van der Waals surface area contributed by atoms with Crippen molar-refractivity contribution < 1.29 is 17.9 Å². The maximum atomic E-state index is 12.7. The summed E-state index contributed by atoms with van der Waals surface area (Å²) < 4.78 is 43.0. The highest BCUT2D eigenvalue weighted by Crippen LogP contribution is 2.27. The Morgan fingerprint density at radius 2 is 2.09 bits per heavy atom. The van der Waals surface area contributed by atoms with Crippen LogP contribution in [0.15, 0.2) is 30.3 Å². The fraction of sp³-hybridized carbons (Fsp3) is 0.400. The molecular formula is C15H14ClF3N2O. The molecule has 0 aliphatic carbocycles. The third-order valence-corrected chi connectivity index (χ3v) is 3.93. The van der Waals surface area contributed by atoms with Gasteiger partial charge in [0, 0.05) is 25.0 Å². The summed E-state index contributed by atoms with van der Waals surface area (Å²) in [5.74, 6) is 0. The molecule has 0 bridgehead atoms. The van der Waals surface area contributed by atoms with Crippen molar-refractivity contribution in [2.24, 2.45) is 0 Å². The van der Waals surface area contributed by atoms with Gasteiger partial charge >= 0.3 is 6.18 Å². The van der Waals surface area contributed by atoms with E-state index in [0.29, 0.717) is 29.3 Å². The van der Waals surface area contributed by atoms with E-state index in [1.54, 1.807) is 11.0 Å². The highest BCUT2D eigenvalue weighted by Gasteiger charge is 2.43. The number of ether oxygens (including phenoxy) is 1. The van der Waals surface area contributed by atoms with Crippen LogP contribution in [0.1, 0.15) is 5.69 Å². The summed E-state index contributed by atoms with van der Waals surface area (Å²) >= 11 is 6.11. The van der Waals surface area contributed by atoms with Gasteiger partial charge in [-0.05, 0) is 12.1 Å². The number of para-hydroxylation sites is 1. The zero-order chi connectivity index (χ0) is 15.7. The summed E-state index contributed by atoms with van der Waals surface area (Å²) in [5, 5.41) is 1.45. The van der Waals surface area contributed by atoms with Gasteiger partial charge < -0.3 is 4.74 Å². The van der Waals surface area contributed by atoms with Crippen LogP contribution in [-0.2, 0) is 11.3 Å². The second kappa shape index (κ2) is 6.02. The van der Waals surface area contributed by atoms with Gasteiger partial charge in [-0.15, -0.1) is 0 Å². The van der Waals surface area contributed by atoms with Crippen molar-refractivity contribution in [1.29, 1.82) is 0 Å². The Morgan fingerprint density at radius 1 is 1.27 bits per heavy atom. The molecule has 1 unspecified atom stereocenters. The molecule has 2 heterocycles. The number of fused-ring (bicyclic) bond motifs is 1. The van der Waals surface area contributed by atoms with Crippen LogP contribution in [0.2, 0.25) is 5.02 Å². The fourth-order valence-electron chi connectivity index (χ4n) is 2.51. The van der Waals surface area contributed by atoms with Crippen LogP contribution in [-0.4, -0.2) is 41.9 Å². The number of morpholine rings is 1. The summed E-state index contributed by atoms with van der Waals surface area (Å²) in [6.07, 6.45) is -6.07. The van der Waals surface area contributed by atoms with Gasteiger partial charge in [0.25, 0.3) is 0 Å². The highest BCUT2D eigenvalue weighted by molar-refractivity contribution is 6.35. The van der Waals surface area contributed by atoms with E-state index < -0.39 is 12.3 Å². The van der Waals surface area contributed by atoms with Crippen LogP contribution < -0.4 is 0 Å². The van der Waals surface area contributed by atoms with Crippen LogP contribution in [0.5, 0.6) is 0 Å². The van der Waals surface area contributed by atoms with Crippen molar-refractivity contribution in [1.82, 2.24) is 9.88 Å². The summed E-state index contributed by atoms with van der Waals surface area (Å²) in [6, 6.07) is 9.17. The van der Waals surface area contributed by atoms with Gasteiger partial charge in [-0.3, -0.25) is 4.90 Å². The average Bonchev–Trinajstić information content (AvgIpc) is 2.48. The number of aromatic nitrogens is 1. The zero-order valence-electron chi connectivity index (χ0n) is 11.6. The van der Waals surface area contributed by atoms with Gasteiger partial charge in [0.1, 0.15) is 0 Å². The van der Waals surface area contributed by atoms with Crippen LogP contribution in [0.25, 0.3) is 10.9 Å². The number of alkyl halides is 3. The average molecular weight is 331 g/mol. The van der Waals surface area contributed by atoms with Crippen LogP contribution in [0.3, 0.4) is 0 Å². The number of benzene rings is 1. The predicted molar refractivity (Wildman–Crippen MR) is 77.8 cm³/mol. The van der Waals surface area contributed by atoms with E-state index >= 15 is 0 Å². The summed E-state index contributed by atoms with van der Waals surface area (Å²) in [5.41, 5.74) is 1.37. The molecule has 1 aliphatic rings. The minimum Gasteiger partial charge on any atom is -0.366 e. The van der Waals surface area contributed by atoms with Crippen LogP contribution in [0.4, 0.5) is 13.2 Å². The number of rotatable bonds is 2. The molecule has 1 aliphatic heterocycles. The Hall–Kier alpha value is -1.37. The molecule has 1 saturated heterocycles.